The molecule has 2 aromatic carbocycles. The maximum absolute atomic E-state index is 12.4. The minimum absolute atomic E-state index is 0.0486. The molecule has 7 heteroatoms. The molecule has 0 radical (unpaired) electrons. The Morgan fingerprint density at radius 3 is 2.74 bits per heavy atom. The van der Waals surface area contributed by atoms with Crippen LogP contribution < -0.4 is 10.6 Å². The van der Waals surface area contributed by atoms with Crippen LogP contribution in [0.15, 0.2) is 46.8 Å². The first-order valence-corrected chi connectivity index (χ1v) is 8.83. The summed E-state index contributed by atoms with van der Waals surface area (Å²) in [6, 6.07) is 13.9. The molecule has 5 nitrogen and oxygen atoms in total. The van der Waals surface area contributed by atoms with E-state index in [9.17, 15) is 4.79 Å². The number of aromatic nitrogens is 2. The largest absolute Gasteiger partial charge is 0.363 e. The molecule has 3 rings (SSSR count). The van der Waals surface area contributed by atoms with Crippen molar-refractivity contribution in [3.8, 4) is 0 Å². The summed E-state index contributed by atoms with van der Waals surface area (Å²) in [5.41, 5.74) is 0.828. The van der Waals surface area contributed by atoms with Gasteiger partial charge in [0.25, 0.3) is 0 Å². The summed E-state index contributed by atoms with van der Waals surface area (Å²) in [6.45, 7) is 1.87. The van der Waals surface area contributed by atoms with Gasteiger partial charge >= 0.3 is 0 Å². The van der Waals surface area contributed by atoms with Crippen molar-refractivity contribution >= 4 is 50.6 Å². The summed E-state index contributed by atoms with van der Waals surface area (Å²) < 4.78 is 0.773. The summed E-state index contributed by atoms with van der Waals surface area (Å²) in [7, 11) is 1.80. The Kier molecular flexibility index (Phi) is 4.78. The SMILES string of the molecule is CNc1nnc(S[C@@H](C)C(=O)Nc2cccc3ccccc23)s1. The van der Waals surface area contributed by atoms with Crippen LogP contribution in [-0.2, 0) is 4.79 Å². The highest BCUT2D eigenvalue weighted by atomic mass is 32.2. The zero-order valence-corrected chi connectivity index (χ0v) is 14.4. The van der Waals surface area contributed by atoms with Crippen LogP contribution in [0.3, 0.4) is 0 Å². The number of thioether (sulfide) groups is 1. The third kappa shape index (κ3) is 3.62. The number of carbonyl (C=O) groups excluding carboxylic acids is 1. The first-order chi connectivity index (χ1) is 11.2. The molecule has 1 atom stereocenters. The lowest BCUT2D eigenvalue weighted by atomic mass is 10.1. The Bertz CT molecular complexity index is 828. The van der Waals surface area contributed by atoms with Crippen molar-refractivity contribution in [3.05, 3.63) is 42.5 Å². The summed E-state index contributed by atoms with van der Waals surface area (Å²) in [5, 5.41) is 16.6. The van der Waals surface area contributed by atoms with E-state index in [1.165, 1.54) is 23.1 Å². The molecule has 3 aromatic rings. The molecule has 118 valence electrons. The van der Waals surface area contributed by atoms with Crippen LogP contribution in [0.2, 0.25) is 0 Å². The predicted molar refractivity (Wildman–Crippen MR) is 97.4 cm³/mol. The highest BCUT2D eigenvalue weighted by Gasteiger charge is 2.17. The van der Waals surface area contributed by atoms with Crippen LogP contribution in [-0.4, -0.2) is 28.4 Å². The third-order valence-electron chi connectivity index (χ3n) is 3.31. The van der Waals surface area contributed by atoms with E-state index in [2.05, 4.69) is 20.8 Å². The zero-order valence-electron chi connectivity index (χ0n) is 12.7. The summed E-state index contributed by atoms with van der Waals surface area (Å²) >= 11 is 2.84. The van der Waals surface area contributed by atoms with Gasteiger partial charge in [-0.3, -0.25) is 4.79 Å². The molecule has 0 aliphatic rings. The van der Waals surface area contributed by atoms with Crippen molar-refractivity contribution in [3.63, 3.8) is 0 Å². The average Bonchev–Trinajstić information content (AvgIpc) is 3.02. The monoisotopic (exact) mass is 344 g/mol. The molecule has 0 saturated heterocycles. The highest BCUT2D eigenvalue weighted by Crippen LogP contribution is 2.30. The maximum Gasteiger partial charge on any atom is 0.237 e. The first kappa shape index (κ1) is 15.8. The van der Waals surface area contributed by atoms with Crippen molar-refractivity contribution < 1.29 is 4.79 Å². The van der Waals surface area contributed by atoms with Crippen molar-refractivity contribution in [1.82, 2.24) is 10.2 Å². The van der Waals surface area contributed by atoms with Crippen LogP contribution in [0.25, 0.3) is 10.8 Å². The molecule has 0 aliphatic carbocycles. The van der Waals surface area contributed by atoms with Gasteiger partial charge in [-0.1, -0.05) is 59.5 Å². The summed E-state index contributed by atoms with van der Waals surface area (Å²) in [4.78, 5) is 12.4. The van der Waals surface area contributed by atoms with Gasteiger partial charge in [0.1, 0.15) is 0 Å². The van der Waals surface area contributed by atoms with E-state index in [1.54, 1.807) is 7.05 Å². The Balaban J connectivity index is 1.72. The van der Waals surface area contributed by atoms with Crippen LogP contribution in [0.5, 0.6) is 0 Å². The minimum atomic E-state index is -0.258. The molecule has 0 aliphatic heterocycles. The van der Waals surface area contributed by atoms with Gasteiger partial charge in [0.15, 0.2) is 4.34 Å². The smallest absolute Gasteiger partial charge is 0.237 e. The Labute approximate surface area is 142 Å². The van der Waals surface area contributed by atoms with Crippen LogP contribution in [0.1, 0.15) is 6.92 Å². The first-order valence-electron chi connectivity index (χ1n) is 7.14. The number of benzene rings is 2. The number of fused-ring (bicyclic) bond motifs is 1. The normalized spacial score (nSPS) is 12.1. The molecular formula is C16H16N4OS2. The van der Waals surface area contributed by atoms with Crippen molar-refractivity contribution in [2.24, 2.45) is 0 Å². The van der Waals surface area contributed by atoms with Gasteiger partial charge in [-0.2, -0.15) is 0 Å². The second-order valence-corrected chi connectivity index (χ2v) is 7.46. The fourth-order valence-electron chi connectivity index (χ4n) is 2.13. The number of hydrogen-bond acceptors (Lipinski definition) is 6. The van der Waals surface area contributed by atoms with E-state index in [0.29, 0.717) is 0 Å². The molecule has 0 saturated carbocycles. The van der Waals surface area contributed by atoms with Gasteiger partial charge in [-0.15, -0.1) is 10.2 Å². The molecule has 1 heterocycles. The second kappa shape index (κ2) is 6.97. The van der Waals surface area contributed by atoms with E-state index in [4.69, 9.17) is 0 Å². The molecule has 1 amide bonds. The van der Waals surface area contributed by atoms with Crippen molar-refractivity contribution in [2.75, 3.05) is 17.7 Å². The second-order valence-electron chi connectivity index (χ2n) is 4.90. The molecule has 2 N–H and O–H groups in total. The van der Waals surface area contributed by atoms with Crippen molar-refractivity contribution in [1.29, 1.82) is 0 Å². The molecular weight excluding hydrogens is 328 g/mol. The standard InChI is InChI=1S/C16H16N4OS2/c1-10(22-16-20-19-15(17-2)23-16)14(21)18-13-9-5-7-11-6-3-4-8-12(11)13/h3-10H,1-2H3,(H,17,19)(H,18,21)/t10-/m0/s1. The molecule has 0 spiro atoms. The number of anilines is 2. The average molecular weight is 344 g/mol. The highest BCUT2D eigenvalue weighted by molar-refractivity contribution is 8.02. The Hall–Kier alpha value is -2.12. The molecule has 23 heavy (non-hydrogen) atoms. The molecule has 0 unspecified atom stereocenters. The number of nitrogens with zero attached hydrogens (tertiary/aromatic N) is 2. The zero-order chi connectivity index (χ0) is 16.2. The Morgan fingerprint density at radius 1 is 1.17 bits per heavy atom. The quantitative estimate of drug-likeness (QED) is 0.688. The van der Waals surface area contributed by atoms with E-state index < -0.39 is 0 Å². The lowest BCUT2D eigenvalue weighted by Gasteiger charge is -2.12. The van der Waals surface area contributed by atoms with Gasteiger partial charge in [0.05, 0.1) is 5.25 Å². The number of hydrogen-bond donors (Lipinski definition) is 2. The number of nitrogens with one attached hydrogen (secondary N) is 2. The van der Waals surface area contributed by atoms with Crippen LogP contribution in [0.4, 0.5) is 10.8 Å². The van der Waals surface area contributed by atoms with E-state index in [-0.39, 0.29) is 11.2 Å². The van der Waals surface area contributed by atoms with Gasteiger partial charge in [-0.25, -0.2) is 0 Å². The fraction of sp³-hybridized carbons (Fsp3) is 0.188. The number of amides is 1. The van der Waals surface area contributed by atoms with E-state index in [1.807, 2.05) is 49.4 Å². The van der Waals surface area contributed by atoms with Gasteiger partial charge < -0.3 is 10.6 Å². The van der Waals surface area contributed by atoms with Crippen LogP contribution in [0, 0.1) is 0 Å². The molecule has 0 fully saturated rings. The number of rotatable bonds is 5. The predicted octanol–water partition coefficient (Wildman–Crippen LogP) is 3.85. The van der Waals surface area contributed by atoms with Crippen molar-refractivity contribution in [2.45, 2.75) is 16.5 Å². The van der Waals surface area contributed by atoms with Crippen LogP contribution >= 0.6 is 23.1 Å². The molecule has 1 aromatic heterocycles. The lowest BCUT2D eigenvalue weighted by molar-refractivity contribution is -0.115. The minimum Gasteiger partial charge on any atom is -0.363 e. The van der Waals surface area contributed by atoms with E-state index in [0.717, 1.165) is 25.9 Å². The van der Waals surface area contributed by atoms with Gasteiger partial charge in [0, 0.05) is 18.1 Å². The summed E-state index contributed by atoms with van der Waals surface area (Å²) in [5.74, 6) is -0.0486. The molecule has 0 bridgehead atoms. The Morgan fingerprint density at radius 2 is 1.96 bits per heavy atom. The number of carbonyl (C=O) groups is 1. The third-order valence-corrected chi connectivity index (χ3v) is 5.44. The van der Waals surface area contributed by atoms with Gasteiger partial charge in [0.2, 0.25) is 11.0 Å². The van der Waals surface area contributed by atoms with Gasteiger partial charge in [-0.05, 0) is 18.4 Å². The topological polar surface area (TPSA) is 66.9 Å². The van der Waals surface area contributed by atoms with E-state index >= 15 is 0 Å². The lowest BCUT2D eigenvalue weighted by Crippen LogP contribution is -2.22. The fourth-order valence-corrected chi connectivity index (χ4v) is 3.98. The summed E-state index contributed by atoms with van der Waals surface area (Å²) in [6.07, 6.45) is 0. The maximum atomic E-state index is 12.4.